The maximum atomic E-state index is 13.6. The Hall–Kier alpha value is -2.89. The summed E-state index contributed by atoms with van der Waals surface area (Å²) >= 11 is 0. The summed E-state index contributed by atoms with van der Waals surface area (Å²) in [5.74, 6) is 0.481. The number of ether oxygens (including phenoxy) is 1. The Kier molecular flexibility index (Phi) is 6.34. The van der Waals surface area contributed by atoms with Crippen LogP contribution < -0.4 is 0 Å². The van der Waals surface area contributed by atoms with Gasteiger partial charge in [0.25, 0.3) is 5.91 Å². The van der Waals surface area contributed by atoms with E-state index in [4.69, 9.17) is 4.74 Å². The molecule has 3 aromatic rings. The molecule has 0 saturated carbocycles. The van der Waals surface area contributed by atoms with Gasteiger partial charge in [-0.1, -0.05) is 60.7 Å². The second-order valence-electron chi connectivity index (χ2n) is 9.35. The smallest absolute Gasteiger partial charge is 0.255 e. The van der Waals surface area contributed by atoms with E-state index in [2.05, 4.69) is 58.0 Å². The zero-order valence-electron chi connectivity index (χ0n) is 19.6. The third kappa shape index (κ3) is 4.48. The van der Waals surface area contributed by atoms with E-state index in [-0.39, 0.29) is 5.91 Å². The standard InChI is InChI=1S/C28H33N3O2/c1-21-25(17-27(29(21)2)23-11-7-4-8-12-23)28(32)31-14-13-26-24(19-31)20-33-16-15-30(26)18-22-9-5-3-6-10-22/h3-12,17,24,26H,13-16,18-20H2,1-2H3/t24-,26-/m1/s1. The van der Waals surface area contributed by atoms with Gasteiger partial charge in [-0.25, -0.2) is 0 Å². The molecule has 2 aliphatic heterocycles. The van der Waals surface area contributed by atoms with Crippen molar-refractivity contribution < 1.29 is 9.53 Å². The monoisotopic (exact) mass is 443 g/mol. The molecule has 2 atom stereocenters. The molecule has 0 spiro atoms. The lowest BCUT2D eigenvalue weighted by atomic mass is 9.90. The lowest BCUT2D eigenvalue weighted by molar-refractivity contribution is 0.0369. The fraction of sp³-hybridized carbons (Fsp3) is 0.393. The summed E-state index contributed by atoms with van der Waals surface area (Å²) in [7, 11) is 2.04. The number of nitrogens with zero attached hydrogens (tertiary/aromatic N) is 3. The van der Waals surface area contributed by atoms with Crippen LogP contribution in [0.4, 0.5) is 0 Å². The van der Waals surface area contributed by atoms with Crippen molar-refractivity contribution in [3.63, 3.8) is 0 Å². The van der Waals surface area contributed by atoms with Crippen molar-refractivity contribution >= 4 is 5.91 Å². The third-order valence-electron chi connectivity index (χ3n) is 7.37. The van der Waals surface area contributed by atoms with E-state index in [1.165, 1.54) is 5.56 Å². The zero-order valence-corrected chi connectivity index (χ0v) is 19.6. The van der Waals surface area contributed by atoms with Crippen molar-refractivity contribution in [1.29, 1.82) is 0 Å². The van der Waals surface area contributed by atoms with Gasteiger partial charge in [0.1, 0.15) is 0 Å². The maximum Gasteiger partial charge on any atom is 0.255 e. The van der Waals surface area contributed by atoms with Crippen LogP contribution >= 0.6 is 0 Å². The number of hydrogen-bond donors (Lipinski definition) is 0. The van der Waals surface area contributed by atoms with Gasteiger partial charge in [0.15, 0.2) is 0 Å². The first kappa shape index (κ1) is 21.9. The van der Waals surface area contributed by atoms with E-state index in [9.17, 15) is 4.79 Å². The van der Waals surface area contributed by atoms with E-state index >= 15 is 0 Å². The third-order valence-corrected chi connectivity index (χ3v) is 7.37. The van der Waals surface area contributed by atoms with Crippen LogP contribution in [0.5, 0.6) is 0 Å². The van der Waals surface area contributed by atoms with Gasteiger partial charge < -0.3 is 14.2 Å². The number of likely N-dealkylation sites (tertiary alicyclic amines) is 1. The first-order valence-electron chi connectivity index (χ1n) is 12.0. The van der Waals surface area contributed by atoms with Crippen LogP contribution in [-0.4, -0.2) is 59.2 Å². The van der Waals surface area contributed by atoms with Gasteiger partial charge in [0, 0.05) is 56.6 Å². The molecule has 0 radical (unpaired) electrons. The predicted octanol–water partition coefficient (Wildman–Crippen LogP) is 4.36. The minimum absolute atomic E-state index is 0.141. The van der Waals surface area contributed by atoms with Crippen LogP contribution in [-0.2, 0) is 18.3 Å². The predicted molar refractivity (Wildman–Crippen MR) is 131 cm³/mol. The van der Waals surface area contributed by atoms with Gasteiger partial charge in [-0.05, 0) is 30.5 Å². The molecule has 0 unspecified atom stereocenters. The number of carbonyl (C=O) groups is 1. The van der Waals surface area contributed by atoms with Crippen molar-refractivity contribution in [2.75, 3.05) is 32.8 Å². The maximum absolute atomic E-state index is 13.6. The number of hydrogen-bond acceptors (Lipinski definition) is 3. The molecule has 2 saturated heterocycles. The number of carbonyl (C=O) groups excluding carboxylic acids is 1. The highest BCUT2D eigenvalue weighted by Crippen LogP contribution is 2.30. The fourth-order valence-corrected chi connectivity index (χ4v) is 5.42. The van der Waals surface area contributed by atoms with Crippen molar-refractivity contribution in [2.24, 2.45) is 13.0 Å². The number of amides is 1. The zero-order chi connectivity index (χ0) is 22.8. The summed E-state index contributed by atoms with van der Waals surface area (Å²) in [6.07, 6.45) is 0.990. The molecule has 3 heterocycles. The van der Waals surface area contributed by atoms with Gasteiger partial charge in [0.05, 0.1) is 18.8 Å². The lowest BCUT2D eigenvalue weighted by Crippen LogP contribution is -2.52. The van der Waals surface area contributed by atoms with Crippen molar-refractivity contribution in [3.05, 3.63) is 83.6 Å². The summed E-state index contributed by atoms with van der Waals surface area (Å²) in [5, 5.41) is 0. The molecule has 0 aliphatic carbocycles. The molecule has 1 amide bonds. The van der Waals surface area contributed by atoms with Gasteiger partial charge in [-0.3, -0.25) is 9.69 Å². The molecule has 2 fully saturated rings. The van der Waals surface area contributed by atoms with Crippen molar-refractivity contribution in [1.82, 2.24) is 14.4 Å². The normalized spacial score (nSPS) is 21.5. The molecule has 172 valence electrons. The Bertz CT molecular complexity index is 1090. The summed E-state index contributed by atoms with van der Waals surface area (Å²) < 4.78 is 8.12. The molecule has 2 aliphatic rings. The Labute approximate surface area is 196 Å². The largest absolute Gasteiger partial charge is 0.380 e. The van der Waals surface area contributed by atoms with Gasteiger partial charge >= 0.3 is 0 Å². The molecule has 5 rings (SSSR count). The molecule has 2 aromatic carbocycles. The summed E-state index contributed by atoms with van der Waals surface area (Å²) in [4.78, 5) is 18.2. The Balaban J connectivity index is 1.33. The van der Waals surface area contributed by atoms with E-state index in [0.29, 0.717) is 12.0 Å². The number of piperidine rings is 1. The van der Waals surface area contributed by atoms with Crippen LogP contribution in [0, 0.1) is 12.8 Å². The van der Waals surface area contributed by atoms with Crippen LogP contribution in [0.25, 0.3) is 11.3 Å². The average Bonchev–Trinajstić information content (AvgIpc) is 3.02. The molecule has 1 aromatic heterocycles. The van der Waals surface area contributed by atoms with E-state index in [0.717, 1.165) is 68.3 Å². The highest BCUT2D eigenvalue weighted by atomic mass is 16.5. The van der Waals surface area contributed by atoms with E-state index in [1.54, 1.807) is 0 Å². The van der Waals surface area contributed by atoms with Crippen LogP contribution in [0.3, 0.4) is 0 Å². The van der Waals surface area contributed by atoms with Crippen LogP contribution in [0.15, 0.2) is 66.7 Å². The van der Waals surface area contributed by atoms with E-state index < -0.39 is 0 Å². The second kappa shape index (κ2) is 9.54. The lowest BCUT2D eigenvalue weighted by Gasteiger charge is -2.42. The van der Waals surface area contributed by atoms with E-state index in [1.807, 2.05) is 37.1 Å². The topological polar surface area (TPSA) is 37.7 Å². The molecule has 5 heteroatoms. The Morgan fingerprint density at radius 3 is 2.52 bits per heavy atom. The average molecular weight is 444 g/mol. The molecule has 0 bridgehead atoms. The first-order valence-corrected chi connectivity index (χ1v) is 12.0. The minimum atomic E-state index is 0.141. The highest BCUT2D eigenvalue weighted by Gasteiger charge is 2.37. The molecule has 0 N–H and O–H groups in total. The minimum Gasteiger partial charge on any atom is -0.380 e. The fourth-order valence-electron chi connectivity index (χ4n) is 5.42. The van der Waals surface area contributed by atoms with Crippen LogP contribution in [0.1, 0.15) is 28.0 Å². The van der Waals surface area contributed by atoms with Gasteiger partial charge in [0.2, 0.25) is 0 Å². The number of benzene rings is 2. The van der Waals surface area contributed by atoms with Crippen molar-refractivity contribution in [3.8, 4) is 11.3 Å². The van der Waals surface area contributed by atoms with Gasteiger partial charge in [-0.2, -0.15) is 0 Å². The summed E-state index contributed by atoms with van der Waals surface area (Å²) in [6, 6.07) is 23.5. The molecular weight excluding hydrogens is 410 g/mol. The van der Waals surface area contributed by atoms with Crippen LogP contribution in [0.2, 0.25) is 0 Å². The molecule has 33 heavy (non-hydrogen) atoms. The first-order chi connectivity index (χ1) is 16.1. The molecule has 5 nitrogen and oxygen atoms in total. The Morgan fingerprint density at radius 1 is 1.03 bits per heavy atom. The number of rotatable bonds is 4. The summed E-state index contributed by atoms with van der Waals surface area (Å²) in [6.45, 7) is 6.96. The second-order valence-corrected chi connectivity index (χ2v) is 9.35. The molecular formula is C28H33N3O2. The number of fused-ring (bicyclic) bond motifs is 1. The Morgan fingerprint density at radius 2 is 1.76 bits per heavy atom. The van der Waals surface area contributed by atoms with Crippen molar-refractivity contribution in [2.45, 2.75) is 25.9 Å². The number of aromatic nitrogens is 1. The van der Waals surface area contributed by atoms with Gasteiger partial charge in [-0.15, -0.1) is 0 Å². The summed E-state index contributed by atoms with van der Waals surface area (Å²) in [5.41, 5.74) is 5.38. The quantitative estimate of drug-likeness (QED) is 0.601. The highest BCUT2D eigenvalue weighted by molar-refractivity contribution is 5.97. The SMILES string of the molecule is Cc1c(C(=O)N2CC[C@@H]3[C@@H](COCCN3Cc3ccccc3)C2)cc(-c2ccccc2)n1C.